The fraction of sp³-hybridized carbons (Fsp3) is 0.158. The van der Waals surface area contributed by atoms with Gasteiger partial charge in [-0.15, -0.1) is 0 Å². The van der Waals surface area contributed by atoms with Crippen LogP contribution in [0.1, 0.15) is 28.5 Å². The van der Waals surface area contributed by atoms with Crippen molar-refractivity contribution in [1.82, 2.24) is 9.78 Å². The van der Waals surface area contributed by atoms with Gasteiger partial charge in [0.25, 0.3) is 0 Å². The molecular formula is C19H17ClN2O2. The molecular weight excluding hydrogens is 324 g/mol. The van der Waals surface area contributed by atoms with E-state index in [4.69, 9.17) is 11.6 Å². The Labute approximate surface area is 145 Å². The summed E-state index contributed by atoms with van der Waals surface area (Å²) >= 11 is 5.94. The Bertz CT molecular complexity index is 898. The highest BCUT2D eigenvalue weighted by Crippen LogP contribution is 2.29. The molecule has 1 N–H and O–H groups in total. The molecule has 0 unspecified atom stereocenters. The Morgan fingerprint density at radius 1 is 1.21 bits per heavy atom. The van der Waals surface area contributed by atoms with E-state index in [1.807, 2.05) is 38.1 Å². The Morgan fingerprint density at radius 3 is 2.50 bits per heavy atom. The Hall–Kier alpha value is -2.59. The van der Waals surface area contributed by atoms with Gasteiger partial charge in [0, 0.05) is 10.6 Å². The van der Waals surface area contributed by atoms with E-state index in [0.717, 1.165) is 16.8 Å². The van der Waals surface area contributed by atoms with Crippen LogP contribution in [0.15, 0.2) is 48.5 Å². The number of carboxylic acid groups (broad SMARTS) is 1. The van der Waals surface area contributed by atoms with E-state index in [1.54, 1.807) is 28.9 Å². The van der Waals surface area contributed by atoms with Gasteiger partial charge in [0.15, 0.2) is 0 Å². The average Bonchev–Trinajstić information content (AvgIpc) is 2.95. The lowest BCUT2D eigenvalue weighted by molar-refractivity contribution is 0.0696. The molecule has 0 spiro atoms. The molecule has 0 aliphatic heterocycles. The van der Waals surface area contributed by atoms with Crippen LogP contribution in [0.3, 0.4) is 0 Å². The van der Waals surface area contributed by atoms with Gasteiger partial charge >= 0.3 is 5.97 Å². The number of halogens is 1. The molecule has 3 aromatic rings. The largest absolute Gasteiger partial charge is 0.478 e. The zero-order chi connectivity index (χ0) is 17.3. The molecule has 0 radical (unpaired) electrons. The van der Waals surface area contributed by atoms with Crippen molar-refractivity contribution in [3.05, 3.63) is 70.4 Å². The summed E-state index contributed by atoms with van der Waals surface area (Å²) in [6, 6.07) is 14.9. The molecule has 3 rings (SSSR count). The number of nitrogens with zero attached hydrogens (tertiary/aromatic N) is 2. The van der Waals surface area contributed by atoms with Crippen molar-refractivity contribution in [2.24, 2.45) is 0 Å². The quantitative estimate of drug-likeness (QED) is 0.744. The molecule has 1 aromatic heterocycles. The van der Waals surface area contributed by atoms with Crippen LogP contribution in [-0.2, 0) is 6.42 Å². The predicted molar refractivity (Wildman–Crippen MR) is 95.1 cm³/mol. The first-order valence-electron chi connectivity index (χ1n) is 7.69. The molecule has 0 atom stereocenters. The van der Waals surface area contributed by atoms with E-state index >= 15 is 0 Å². The number of benzene rings is 2. The second-order valence-corrected chi connectivity index (χ2v) is 6.02. The Balaban J connectivity index is 2.26. The van der Waals surface area contributed by atoms with Gasteiger partial charge in [-0.1, -0.05) is 42.8 Å². The number of hydrogen-bond acceptors (Lipinski definition) is 2. The minimum Gasteiger partial charge on any atom is -0.478 e. The van der Waals surface area contributed by atoms with Crippen molar-refractivity contribution < 1.29 is 9.90 Å². The van der Waals surface area contributed by atoms with Gasteiger partial charge in [-0.25, -0.2) is 9.48 Å². The fourth-order valence-electron chi connectivity index (χ4n) is 2.79. The second kappa shape index (κ2) is 6.49. The molecule has 24 heavy (non-hydrogen) atoms. The number of hydrogen-bond donors (Lipinski definition) is 1. The van der Waals surface area contributed by atoms with Crippen LogP contribution in [0.25, 0.3) is 16.9 Å². The summed E-state index contributed by atoms with van der Waals surface area (Å²) in [6.07, 6.45) is 0.566. The maximum Gasteiger partial charge on any atom is 0.339 e. The van der Waals surface area contributed by atoms with Crippen molar-refractivity contribution in [2.45, 2.75) is 20.3 Å². The van der Waals surface area contributed by atoms with Gasteiger partial charge in [-0.05, 0) is 43.2 Å². The highest BCUT2D eigenvalue weighted by atomic mass is 35.5. The maximum atomic E-state index is 11.9. The summed E-state index contributed by atoms with van der Waals surface area (Å²) in [5, 5.41) is 14.9. The minimum absolute atomic E-state index is 0.237. The van der Waals surface area contributed by atoms with Crippen LogP contribution in [0.2, 0.25) is 5.02 Å². The van der Waals surface area contributed by atoms with Crippen molar-refractivity contribution in [2.75, 3.05) is 0 Å². The second-order valence-electron chi connectivity index (χ2n) is 5.59. The van der Waals surface area contributed by atoms with Gasteiger partial charge < -0.3 is 5.11 Å². The van der Waals surface area contributed by atoms with Crippen LogP contribution in [-0.4, -0.2) is 20.9 Å². The van der Waals surface area contributed by atoms with Crippen LogP contribution in [0, 0.1) is 6.92 Å². The minimum atomic E-state index is -0.976. The van der Waals surface area contributed by atoms with Gasteiger partial charge in [0.1, 0.15) is 11.3 Å². The summed E-state index contributed by atoms with van der Waals surface area (Å²) in [5.41, 5.74) is 4.05. The molecule has 0 amide bonds. The molecule has 0 aliphatic rings. The van der Waals surface area contributed by atoms with Gasteiger partial charge in [0.05, 0.1) is 11.4 Å². The predicted octanol–water partition coefficient (Wildman–Crippen LogP) is 4.76. The third-order valence-corrected chi connectivity index (χ3v) is 4.15. The van der Waals surface area contributed by atoms with Gasteiger partial charge in [-0.3, -0.25) is 0 Å². The summed E-state index contributed by atoms with van der Waals surface area (Å²) in [6.45, 7) is 3.93. The van der Waals surface area contributed by atoms with Crippen molar-refractivity contribution >= 4 is 17.6 Å². The highest BCUT2D eigenvalue weighted by molar-refractivity contribution is 6.30. The average molecular weight is 341 g/mol. The molecule has 0 saturated carbocycles. The van der Waals surface area contributed by atoms with Crippen LogP contribution < -0.4 is 0 Å². The molecule has 0 saturated heterocycles. The molecule has 5 heteroatoms. The van der Waals surface area contributed by atoms with Crippen LogP contribution in [0.5, 0.6) is 0 Å². The number of carbonyl (C=O) groups is 1. The number of rotatable bonds is 4. The first-order valence-corrected chi connectivity index (χ1v) is 8.07. The van der Waals surface area contributed by atoms with Crippen LogP contribution in [0.4, 0.5) is 0 Å². The first-order chi connectivity index (χ1) is 11.5. The third-order valence-electron chi connectivity index (χ3n) is 3.89. The standard InChI is InChI=1S/C19H17ClN2O2/c1-3-16-17(19(23)24)18(13-7-9-14(20)10-8-13)21-22(16)15-6-4-5-12(2)11-15/h4-11H,3H2,1-2H3,(H,23,24). The third kappa shape index (κ3) is 2.93. The monoisotopic (exact) mass is 340 g/mol. The van der Waals surface area contributed by atoms with E-state index < -0.39 is 5.97 Å². The first kappa shape index (κ1) is 16.3. The van der Waals surface area contributed by atoms with Crippen LogP contribution >= 0.6 is 11.6 Å². The van der Waals surface area contributed by atoms with E-state index in [2.05, 4.69) is 5.10 Å². The number of carboxylic acids is 1. The number of aromatic nitrogens is 2. The number of aromatic carboxylic acids is 1. The lowest BCUT2D eigenvalue weighted by Crippen LogP contribution is -2.05. The molecule has 0 aliphatic carbocycles. The summed E-state index contributed by atoms with van der Waals surface area (Å²) in [4.78, 5) is 11.9. The van der Waals surface area contributed by atoms with E-state index in [1.165, 1.54) is 0 Å². The highest BCUT2D eigenvalue weighted by Gasteiger charge is 2.24. The Kier molecular flexibility index (Phi) is 4.40. The maximum absolute atomic E-state index is 11.9. The Morgan fingerprint density at radius 2 is 1.92 bits per heavy atom. The normalized spacial score (nSPS) is 10.8. The molecule has 122 valence electrons. The van der Waals surface area contributed by atoms with Gasteiger partial charge in [0.2, 0.25) is 0 Å². The van der Waals surface area contributed by atoms with E-state index in [0.29, 0.717) is 22.8 Å². The van der Waals surface area contributed by atoms with Crippen molar-refractivity contribution in [3.8, 4) is 16.9 Å². The topological polar surface area (TPSA) is 55.1 Å². The van der Waals surface area contributed by atoms with E-state index in [9.17, 15) is 9.90 Å². The SMILES string of the molecule is CCc1c(C(=O)O)c(-c2ccc(Cl)cc2)nn1-c1cccc(C)c1. The summed E-state index contributed by atoms with van der Waals surface area (Å²) in [7, 11) is 0. The zero-order valence-corrected chi connectivity index (χ0v) is 14.2. The molecule has 0 fully saturated rings. The summed E-state index contributed by atoms with van der Waals surface area (Å²) in [5.74, 6) is -0.976. The lowest BCUT2D eigenvalue weighted by atomic mass is 10.0. The molecule has 0 bridgehead atoms. The van der Waals surface area contributed by atoms with Crippen molar-refractivity contribution in [3.63, 3.8) is 0 Å². The zero-order valence-electron chi connectivity index (χ0n) is 13.5. The van der Waals surface area contributed by atoms with Gasteiger partial charge in [-0.2, -0.15) is 5.10 Å². The lowest BCUT2D eigenvalue weighted by Gasteiger charge is -2.07. The molecule has 1 heterocycles. The van der Waals surface area contributed by atoms with Crippen molar-refractivity contribution in [1.29, 1.82) is 0 Å². The summed E-state index contributed by atoms with van der Waals surface area (Å²) < 4.78 is 1.72. The van der Waals surface area contributed by atoms with E-state index in [-0.39, 0.29) is 5.56 Å². The molecule has 4 nitrogen and oxygen atoms in total. The fourth-order valence-corrected chi connectivity index (χ4v) is 2.91. The number of aryl methyl sites for hydroxylation is 1. The smallest absolute Gasteiger partial charge is 0.339 e. The molecule has 2 aromatic carbocycles.